The molecule has 8 heteroatoms. The lowest BCUT2D eigenvalue weighted by Gasteiger charge is -2.39. The molecule has 2 atom stereocenters. The Hall–Kier alpha value is -3.58. The van der Waals surface area contributed by atoms with Crippen LogP contribution in [0.2, 0.25) is 5.02 Å². The van der Waals surface area contributed by atoms with Crippen LogP contribution in [0, 0.1) is 0 Å². The van der Waals surface area contributed by atoms with Gasteiger partial charge in [-0.25, -0.2) is 0 Å². The maximum absolute atomic E-state index is 13.6. The predicted molar refractivity (Wildman–Crippen MR) is 121 cm³/mol. The van der Waals surface area contributed by atoms with Crippen LogP contribution in [-0.4, -0.2) is 43.0 Å². The molecular weight excluding hydrogens is 430 g/mol. The van der Waals surface area contributed by atoms with Crippen LogP contribution >= 0.6 is 11.6 Å². The van der Waals surface area contributed by atoms with Gasteiger partial charge in [0.15, 0.2) is 11.5 Å². The molecule has 1 aromatic heterocycles. The Morgan fingerprint density at radius 1 is 1.09 bits per heavy atom. The number of nitrogens with one attached hydrogen (secondary N) is 1. The zero-order chi connectivity index (χ0) is 22.8. The van der Waals surface area contributed by atoms with Crippen molar-refractivity contribution < 1.29 is 19.1 Å². The molecule has 0 saturated heterocycles. The molecule has 2 aromatic carbocycles. The topological polar surface area (TPSA) is 80.8 Å². The second-order valence-corrected chi connectivity index (χ2v) is 7.86. The number of aromatic nitrogens is 1. The van der Waals surface area contributed by atoms with E-state index in [-0.39, 0.29) is 11.8 Å². The minimum absolute atomic E-state index is 0.221. The van der Waals surface area contributed by atoms with Crippen LogP contribution in [0.25, 0.3) is 0 Å². The molecule has 7 nitrogen and oxygen atoms in total. The summed E-state index contributed by atoms with van der Waals surface area (Å²) in [7, 11) is 4.70. The average molecular weight is 452 g/mol. The number of nitrogens with zero attached hydrogens (tertiary/aromatic N) is 2. The van der Waals surface area contributed by atoms with E-state index in [2.05, 4.69) is 10.3 Å². The fourth-order valence-electron chi connectivity index (χ4n) is 4.09. The number of methoxy groups -OCH3 is 2. The van der Waals surface area contributed by atoms with Crippen molar-refractivity contribution in [2.75, 3.05) is 26.6 Å². The highest BCUT2D eigenvalue weighted by Gasteiger charge is 2.43. The lowest BCUT2D eigenvalue weighted by Crippen LogP contribution is -2.44. The number of halogens is 1. The van der Waals surface area contributed by atoms with Crippen molar-refractivity contribution in [3.05, 3.63) is 82.6 Å². The summed E-state index contributed by atoms with van der Waals surface area (Å²) in [5.41, 5.74) is 2.25. The van der Waals surface area contributed by atoms with E-state index in [1.165, 1.54) is 14.2 Å². The van der Waals surface area contributed by atoms with Crippen LogP contribution < -0.4 is 14.8 Å². The molecule has 1 N–H and O–H groups in total. The van der Waals surface area contributed by atoms with Crippen LogP contribution in [0.4, 0.5) is 5.69 Å². The van der Waals surface area contributed by atoms with E-state index in [0.29, 0.717) is 33.3 Å². The van der Waals surface area contributed by atoms with E-state index < -0.39 is 12.0 Å². The summed E-state index contributed by atoms with van der Waals surface area (Å²) in [5, 5.41) is 3.45. The molecule has 1 aliphatic rings. The highest BCUT2D eigenvalue weighted by atomic mass is 35.5. The highest BCUT2D eigenvalue weighted by Crippen LogP contribution is 2.45. The Bertz CT molecular complexity index is 1170. The monoisotopic (exact) mass is 451 g/mol. The largest absolute Gasteiger partial charge is 0.493 e. The Morgan fingerprint density at radius 3 is 2.50 bits per heavy atom. The summed E-state index contributed by atoms with van der Waals surface area (Å²) in [6.45, 7) is 0. The van der Waals surface area contributed by atoms with Crippen molar-refractivity contribution in [2.24, 2.45) is 0 Å². The molecule has 0 fully saturated rings. The Kier molecular flexibility index (Phi) is 6.01. The molecule has 2 heterocycles. The first-order chi connectivity index (χ1) is 15.4. The summed E-state index contributed by atoms with van der Waals surface area (Å²) >= 11 is 6.09. The molecule has 0 radical (unpaired) electrons. The normalized spacial score (nSPS) is 17.5. The number of rotatable bonds is 5. The predicted octanol–water partition coefficient (Wildman–Crippen LogP) is 4.30. The minimum atomic E-state index is -0.726. The number of carbonyl (C=O) groups is 2. The molecule has 3 aromatic rings. The number of carbonyl (C=O) groups excluding carboxylic acids is 2. The molecule has 4 rings (SSSR count). The van der Waals surface area contributed by atoms with E-state index in [1.807, 2.05) is 6.07 Å². The van der Waals surface area contributed by atoms with Gasteiger partial charge >= 0.3 is 0 Å². The van der Waals surface area contributed by atoms with Gasteiger partial charge in [-0.3, -0.25) is 14.6 Å². The molecule has 0 bridgehead atoms. The minimum Gasteiger partial charge on any atom is -0.493 e. The van der Waals surface area contributed by atoms with Crippen LogP contribution in [-0.2, 0) is 4.79 Å². The number of ether oxygens (including phenoxy) is 2. The number of amides is 2. The molecule has 32 heavy (non-hydrogen) atoms. The van der Waals surface area contributed by atoms with Crippen molar-refractivity contribution in [1.82, 2.24) is 9.88 Å². The fourth-order valence-corrected chi connectivity index (χ4v) is 4.28. The SMILES string of the molecule is COc1cc2c(cc1OC)[C@H](C(=O)Nc1cccc(Cl)c1)[C@H](c1cccnc1)N(C)C2=O. The second kappa shape index (κ2) is 8.88. The van der Waals surface area contributed by atoms with Crippen molar-refractivity contribution in [1.29, 1.82) is 0 Å². The third-order valence-corrected chi connectivity index (χ3v) is 5.81. The van der Waals surface area contributed by atoms with E-state index in [4.69, 9.17) is 21.1 Å². The fraction of sp³-hybridized carbons (Fsp3) is 0.208. The Morgan fingerprint density at radius 2 is 1.84 bits per heavy atom. The van der Waals surface area contributed by atoms with Gasteiger partial charge in [-0.05, 0) is 47.5 Å². The molecule has 2 amide bonds. The third kappa shape index (κ3) is 3.87. The number of benzene rings is 2. The van der Waals surface area contributed by atoms with Gasteiger partial charge in [-0.1, -0.05) is 23.7 Å². The quantitative estimate of drug-likeness (QED) is 0.625. The summed E-state index contributed by atoms with van der Waals surface area (Å²) < 4.78 is 10.8. The van der Waals surface area contributed by atoms with Crippen molar-refractivity contribution in [2.45, 2.75) is 12.0 Å². The highest BCUT2D eigenvalue weighted by molar-refractivity contribution is 6.30. The van der Waals surface area contributed by atoms with Gasteiger partial charge in [0.2, 0.25) is 5.91 Å². The van der Waals surface area contributed by atoms with Crippen LogP contribution in [0.15, 0.2) is 60.9 Å². The maximum atomic E-state index is 13.6. The molecule has 0 spiro atoms. The zero-order valence-corrected chi connectivity index (χ0v) is 18.6. The smallest absolute Gasteiger partial charge is 0.254 e. The number of pyridine rings is 1. The Labute approximate surface area is 190 Å². The standard InChI is InChI=1S/C24H22ClN3O4/c1-28-22(14-6-5-9-26-13-14)21(23(29)27-16-8-4-7-15(25)10-16)17-11-19(31-2)20(32-3)12-18(17)24(28)30/h4-13,21-22H,1-3H3,(H,27,29)/t21-,22-/m0/s1. The number of likely N-dealkylation sites (N-methyl/N-ethyl adjacent to an activating group) is 1. The van der Waals surface area contributed by atoms with Gasteiger partial charge in [0.25, 0.3) is 5.91 Å². The van der Waals surface area contributed by atoms with Gasteiger partial charge in [-0.2, -0.15) is 0 Å². The van der Waals surface area contributed by atoms with Crippen molar-refractivity contribution in [3.63, 3.8) is 0 Å². The zero-order valence-electron chi connectivity index (χ0n) is 17.8. The molecule has 0 saturated carbocycles. The summed E-state index contributed by atoms with van der Waals surface area (Å²) in [6.07, 6.45) is 3.32. The van der Waals surface area contributed by atoms with Crippen molar-refractivity contribution >= 4 is 29.1 Å². The number of fused-ring (bicyclic) bond motifs is 1. The number of anilines is 1. The number of hydrogen-bond acceptors (Lipinski definition) is 5. The lowest BCUT2D eigenvalue weighted by atomic mass is 9.79. The van der Waals surface area contributed by atoms with Gasteiger partial charge in [0.1, 0.15) is 0 Å². The van der Waals surface area contributed by atoms with Crippen LogP contribution in [0.3, 0.4) is 0 Å². The van der Waals surface area contributed by atoms with E-state index in [9.17, 15) is 9.59 Å². The average Bonchev–Trinajstić information content (AvgIpc) is 2.80. The maximum Gasteiger partial charge on any atom is 0.254 e. The van der Waals surface area contributed by atoms with E-state index in [0.717, 1.165) is 5.56 Å². The Balaban J connectivity index is 1.88. The van der Waals surface area contributed by atoms with E-state index in [1.54, 1.807) is 66.8 Å². The summed E-state index contributed by atoms with van der Waals surface area (Å²) in [5.74, 6) is -0.373. The van der Waals surface area contributed by atoms with Gasteiger partial charge in [0.05, 0.1) is 26.2 Å². The first-order valence-electron chi connectivity index (χ1n) is 9.94. The van der Waals surface area contributed by atoms with Gasteiger partial charge in [-0.15, -0.1) is 0 Å². The van der Waals surface area contributed by atoms with Crippen molar-refractivity contribution in [3.8, 4) is 11.5 Å². The third-order valence-electron chi connectivity index (χ3n) is 5.58. The van der Waals surface area contributed by atoms with Crippen LogP contribution in [0.5, 0.6) is 11.5 Å². The number of hydrogen-bond donors (Lipinski definition) is 1. The molecular formula is C24H22ClN3O4. The summed E-state index contributed by atoms with van der Waals surface area (Å²) in [4.78, 5) is 32.7. The first kappa shape index (κ1) is 21.6. The summed E-state index contributed by atoms with van der Waals surface area (Å²) in [6, 6.07) is 13.3. The second-order valence-electron chi connectivity index (χ2n) is 7.42. The van der Waals surface area contributed by atoms with E-state index >= 15 is 0 Å². The molecule has 0 unspecified atom stereocenters. The van der Waals surface area contributed by atoms with Gasteiger partial charge in [0, 0.05) is 35.7 Å². The van der Waals surface area contributed by atoms with Crippen LogP contribution in [0.1, 0.15) is 33.4 Å². The molecule has 1 aliphatic heterocycles. The lowest BCUT2D eigenvalue weighted by molar-refractivity contribution is -0.119. The van der Waals surface area contributed by atoms with Gasteiger partial charge < -0.3 is 19.7 Å². The molecule has 0 aliphatic carbocycles. The first-order valence-corrected chi connectivity index (χ1v) is 10.3. The molecule has 164 valence electrons.